The van der Waals surface area contributed by atoms with Gasteiger partial charge in [-0.15, -0.1) is 0 Å². The fourth-order valence-corrected chi connectivity index (χ4v) is 4.21. The third-order valence-corrected chi connectivity index (χ3v) is 6.22. The second kappa shape index (κ2) is 11.6. The fraction of sp³-hybridized carbons (Fsp3) is 0.565. The Bertz CT molecular complexity index is 864. The van der Waals surface area contributed by atoms with E-state index >= 15 is 0 Å². The summed E-state index contributed by atoms with van der Waals surface area (Å²) >= 11 is 5.50. The number of anilines is 2. The average molecular weight is 444 g/mol. The van der Waals surface area contributed by atoms with Gasteiger partial charge in [-0.3, -0.25) is 0 Å². The average Bonchev–Trinajstić information content (AvgIpc) is 2.77. The van der Waals surface area contributed by atoms with Crippen molar-refractivity contribution in [3.8, 4) is 0 Å². The van der Waals surface area contributed by atoms with Crippen LogP contribution in [0.3, 0.4) is 0 Å². The molecule has 2 heterocycles. The van der Waals surface area contributed by atoms with E-state index in [1.807, 2.05) is 14.0 Å². The molecule has 1 aliphatic rings. The number of aromatic nitrogens is 1. The van der Waals surface area contributed by atoms with Crippen LogP contribution in [0.4, 0.5) is 11.5 Å². The minimum absolute atomic E-state index is 0.609. The molecule has 1 aromatic carbocycles. The maximum Gasteiger partial charge on any atom is 0.170 e. The summed E-state index contributed by atoms with van der Waals surface area (Å²) in [5, 5.41) is 9.62. The third-order valence-electron chi connectivity index (χ3n) is 5.97. The van der Waals surface area contributed by atoms with Crippen LogP contribution in [0.5, 0.6) is 0 Å². The zero-order valence-electron chi connectivity index (χ0n) is 19.2. The van der Waals surface area contributed by atoms with Crippen molar-refractivity contribution in [3.63, 3.8) is 0 Å². The SMILES string of the molecule is CCN1CCN(CCCNC(=S)Nc2ccc3cc(N(C)CCN)nc(C)c3c2)CC1. The first-order chi connectivity index (χ1) is 15.0. The summed E-state index contributed by atoms with van der Waals surface area (Å²) in [5.74, 6) is 0.949. The normalized spacial score (nSPS) is 15.2. The fourth-order valence-electron chi connectivity index (χ4n) is 3.99. The highest BCUT2D eigenvalue weighted by Crippen LogP contribution is 2.25. The van der Waals surface area contributed by atoms with Crippen LogP contribution in [0.15, 0.2) is 24.3 Å². The minimum Gasteiger partial charge on any atom is -0.362 e. The second-order valence-corrected chi connectivity index (χ2v) is 8.63. The largest absolute Gasteiger partial charge is 0.362 e. The van der Waals surface area contributed by atoms with Crippen molar-refractivity contribution >= 4 is 39.6 Å². The summed E-state index contributed by atoms with van der Waals surface area (Å²) in [4.78, 5) is 11.9. The van der Waals surface area contributed by atoms with E-state index in [0.29, 0.717) is 11.7 Å². The van der Waals surface area contributed by atoms with E-state index in [2.05, 4.69) is 56.5 Å². The topological polar surface area (TPSA) is 72.7 Å². The van der Waals surface area contributed by atoms with Crippen molar-refractivity contribution in [2.24, 2.45) is 5.73 Å². The number of hydrogen-bond acceptors (Lipinski definition) is 6. The van der Waals surface area contributed by atoms with Crippen LogP contribution >= 0.6 is 12.2 Å². The van der Waals surface area contributed by atoms with Gasteiger partial charge in [0, 0.05) is 69.6 Å². The summed E-state index contributed by atoms with van der Waals surface area (Å²) in [6.07, 6.45) is 1.09. The van der Waals surface area contributed by atoms with Crippen molar-refractivity contribution in [1.82, 2.24) is 20.1 Å². The van der Waals surface area contributed by atoms with E-state index in [4.69, 9.17) is 22.9 Å². The van der Waals surface area contributed by atoms with Gasteiger partial charge in [0.2, 0.25) is 0 Å². The molecule has 1 fully saturated rings. The Morgan fingerprint density at radius 2 is 1.94 bits per heavy atom. The number of hydrogen-bond donors (Lipinski definition) is 3. The summed E-state index contributed by atoms with van der Waals surface area (Å²) in [7, 11) is 2.02. The highest BCUT2D eigenvalue weighted by atomic mass is 32.1. The molecule has 4 N–H and O–H groups in total. The van der Waals surface area contributed by atoms with Gasteiger partial charge in [-0.05, 0) is 62.2 Å². The van der Waals surface area contributed by atoms with Gasteiger partial charge in [0.25, 0.3) is 0 Å². The zero-order valence-corrected chi connectivity index (χ0v) is 20.0. The number of fused-ring (bicyclic) bond motifs is 1. The number of pyridine rings is 1. The molecule has 8 heteroatoms. The number of likely N-dealkylation sites (N-methyl/N-ethyl adjacent to an activating group) is 2. The Hall–Kier alpha value is -2.00. The molecular formula is C23H37N7S. The smallest absolute Gasteiger partial charge is 0.170 e. The highest BCUT2D eigenvalue weighted by Gasteiger charge is 2.14. The van der Waals surface area contributed by atoms with E-state index in [0.717, 1.165) is 55.2 Å². The predicted molar refractivity (Wildman–Crippen MR) is 136 cm³/mol. The first-order valence-corrected chi connectivity index (χ1v) is 11.7. The molecule has 0 spiro atoms. The maximum absolute atomic E-state index is 5.68. The number of rotatable bonds is 9. The van der Waals surface area contributed by atoms with Crippen molar-refractivity contribution in [2.45, 2.75) is 20.3 Å². The summed E-state index contributed by atoms with van der Waals surface area (Å²) in [6.45, 7) is 13.5. The van der Waals surface area contributed by atoms with Gasteiger partial charge < -0.3 is 31.1 Å². The van der Waals surface area contributed by atoms with Crippen LogP contribution in [-0.2, 0) is 0 Å². The van der Waals surface area contributed by atoms with Crippen LogP contribution in [0.2, 0.25) is 0 Å². The molecule has 170 valence electrons. The molecule has 1 aliphatic heterocycles. The first kappa shape index (κ1) is 23.7. The lowest BCUT2D eigenvalue weighted by Crippen LogP contribution is -2.46. The zero-order chi connectivity index (χ0) is 22.2. The highest BCUT2D eigenvalue weighted by molar-refractivity contribution is 7.80. The molecule has 3 rings (SSSR count). The Morgan fingerprint density at radius 1 is 1.19 bits per heavy atom. The molecule has 0 unspecified atom stereocenters. The summed E-state index contributed by atoms with van der Waals surface area (Å²) in [5.41, 5.74) is 7.66. The molecular weight excluding hydrogens is 406 g/mol. The number of nitrogens with zero attached hydrogens (tertiary/aromatic N) is 4. The van der Waals surface area contributed by atoms with Gasteiger partial charge in [-0.1, -0.05) is 13.0 Å². The lowest BCUT2D eigenvalue weighted by molar-refractivity contribution is 0.136. The summed E-state index contributed by atoms with van der Waals surface area (Å²) < 4.78 is 0. The van der Waals surface area contributed by atoms with Crippen LogP contribution in [0.1, 0.15) is 19.0 Å². The van der Waals surface area contributed by atoms with Gasteiger partial charge in [-0.2, -0.15) is 0 Å². The molecule has 0 amide bonds. The number of thiocarbonyl (C=S) groups is 1. The molecule has 2 aromatic rings. The molecule has 0 aliphatic carbocycles. The van der Waals surface area contributed by atoms with Crippen LogP contribution < -0.4 is 21.3 Å². The van der Waals surface area contributed by atoms with Gasteiger partial charge >= 0.3 is 0 Å². The molecule has 0 atom stereocenters. The van der Waals surface area contributed by atoms with Crippen LogP contribution in [0.25, 0.3) is 10.8 Å². The predicted octanol–water partition coefficient (Wildman–Crippen LogP) is 2.25. The lowest BCUT2D eigenvalue weighted by Gasteiger charge is -2.34. The number of nitrogens with two attached hydrogens (primary N) is 1. The summed E-state index contributed by atoms with van der Waals surface area (Å²) in [6, 6.07) is 8.41. The molecule has 1 aromatic heterocycles. The number of piperazine rings is 1. The van der Waals surface area contributed by atoms with E-state index < -0.39 is 0 Å². The quantitative estimate of drug-likeness (QED) is 0.403. The van der Waals surface area contributed by atoms with E-state index in [-0.39, 0.29) is 0 Å². The number of benzene rings is 1. The Kier molecular flexibility index (Phi) is 8.83. The van der Waals surface area contributed by atoms with Crippen LogP contribution in [-0.4, -0.2) is 85.8 Å². The molecule has 31 heavy (non-hydrogen) atoms. The first-order valence-electron chi connectivity index (χ1n) is 11.3. The maximum atomic E-state index is 5.68. The van der Waals surface area contributed by atoms with Crippen molar-refractivity contribution in [1.29, 1.82) is 0 Å². The second-order valence-electron chi connectivity index (χ2n) is 8.22. The van der Waals surface area contributed by atoms with Crippen molar-refractivity contribution in [3.05, 3.63) is 30.0 Å². The van der Waals surface area contributed by atoms with Crippen LogP contribution in [0, 0.1) is 6.92 Å². The Labute approximate surface area is 192 Å². The van der Waals surface area contributed by atoms with E-state index in [9.17, 15) is 0 Å². The minimum atomic E-state index is 0.609. The molecule has 7 nitrogen and oxygen atoms in total. The lowest BCUT2D eigenvalue weighted by atomic mass is 10.1. The number of aryl methyl sites for hydroxylation is 1. The Morgan fingerprint density at radius 3 is 2.65 bits per heavy atom. The van der Waals surface area contributed by atoms with Gasteiger partial charge in [-0.25, -0.2) is 4.98 Å². The molecule has 0 radical (unpaired) electrons. The van der Waals surface area contributed by atoms with Gasteiger partial charge in [0.15, 0.2) is 5.11 Å². The van der Waals surface area contributed by atoms with Crippen molar-refractivity contribution in [2.75, 3.05) is 76.2 Å². The third kappa shape index (κ3) is 6.74. The van der Waals surface area contributed by atoms with E-state index in [1.54, 1.807) is 0 Å². The van der Waals surface area contributed by atoms with Gasteiger partial charge in [0.1, 0.15) is 5.82 Å². The molecule has 0 saturated carbocycles. The van der Waals surface area contributed by atoms with Crippen molar-refractivity contribution < 1.29 is 0 Å². The monoisotopic (exact) mass is 443 g/mol. The Balaban J connectivity index is 1.48. The van der Waals surface area contributed by atoms with E-state index in [1.165, 1.54) is 31.6 Å². The standard InChI is InChI=1S/C23H37N7S/c1-4-29-12-14-30(15-13-29)10-5-9-25-23(31)27-20-7-6-19-16-22(28(3)11-8-24)26-18(2)21(19)17-20/h6-7,16-17H,4-5,8-15,24H2,1-3H3,(H2,25,27,31). The number of nitrogens with one attached hydrogen (secondary N) is 2. The molecule has 0 bridgehead atoms. The van der Waals surface area contributed by atoms with Gasteiger partial charge in [0.05, 0.1) is 0 Å². The molecule has 1 saturated heterocycles.